The van der Waals surface area contributed by atoms with Gasteiger partial charge in [-0.25, -0.2) is 9.97 Å². The van der Waals surface area contributed by atoms with E-state index in [1.54, 1.807) is 45.0 Å². The molecule has 1 aromatic carbocycles. The number of aliphatic hydroxyl groups excluding tert-OH is 1. The molecule has 8 nitrogen and oxygen atoms in total. The molecule has 0 saturated carbocycles. The number of aliphatic hydroxyl groups is 1. The second-order valence-corrected chi connectivity index (χ2v) is 10.4. The largest absolute Gasteiger partial charge is 0.503 e. The Morgan fingerprint density at radius 3 is 2.37 bits per heavy atom. The van der Waals surface area contributed by atoms with E-state index < -0.39 is 23.5 Å². The van der Waals surface area contributed by atoms with Crippen LogP contribution in [0.25, 0.3) is 0 Å². The smallest absolute Gasteiger partial charge is 0.296 e. The Balaban J connectivity index is 1.93. The molecule has 35 heavy (non-hydrogen) atoms. The van der Waals surface area contributed by atoms with Crippen LogP contribution in [0.2, 0.25) is 0 Å². The molecule has 1 amide bonds. The van der Waals surface area contributed by atoms with Crippen LogP contribution in [-0.2, 0) is 4.79 Å². The van der Waals surface area contributed by atoms with Crippen LogP contribution in [0.15, 0.2) is 35.6 Å². The highest BCUT2D eigenvalue weighted by molar-refractivity contribution is 7.18. The number of aromatic nitrogens is 2. The van der Waals surface area contributed by atoms with Crippen molar-refractivity contribution in [3.63, 3.8) is 0 Å². The summed E-state index contributed by atoms with van der Waals surface area (Å²) in [6, 6.07) is 6.12. The predicted molar refractivity (Wildman–Crippen MR) is 135 cm³/mol. The Kier molecular flexibility index (Phi) is 6.86. The summed E-state index contributed by atoms with van der Waals surface area (Å²) in [7, 11) is 0. The first kappa shape index (κ1) is 24.7. The maximum absolute atomic E-state index is 13.8. The van der Waals surface area contributed by atoms with Crippen LogP contribution >= 0.6 is 22.7 Å². The molecule has 0 fully saturated rings. The standard InChI is InChI=1S/C25H25N3O5S2/c1-6-11-33-17-10-8-7-9-16(17)19-18(20(30)23-13(3)26-15(5)34-23)21(31)24(32)28(19)25-27-12(2)22(35-25)14(4)29/h7-10,19,31H,6,11H2,1-5H3. The highest BCUT2D eigenvalue weighted by Gasteiger charge is 2.47. The molecule has 0 radical (unpaired) electrons. The molecule has 10 heteroatoms. The number of thiazole rings is 2. The minimum atomic E-state index is -0.991. The number of hydrogen-bond acceptors (Lipinski definition) is 9. The third-order valence-electron chi connectivity index (χ3n) is 5.55. The number of ketones is 2. The van der Waals surface area contributed by atoms with Crippen LogP contribution in [-0.4, -0.2) is 39.2 Å². The number of Topliss-reactive ketones (excluding diaryl/α,β-unsaturated/α-hetero) is 2. The van der Waals surface area contributed by atoms with Gasteiger partial charge in [0.1, 0.15) is 11.8 Å². The fourth-order valence-electron chi connectivity index (χ4n) is 4.05. The number of carbonyl (C=O) groups excluding carboxylic acids is 3. The Hall–Kier alpha value is -3.37. The van der Waals surface area contributed by atoms with Crippen LogP contribution in [0.1, 0.15) is 67.6 Å². The molecule has 3 aromatic rings. The van der Waals surface area contributed by atoms with Crippen LogP contribution < -0.4 is 9.64 Å². The molecule has 4 rings (SSSR count). The van der Waals surface area contributed by atoms with Crippen molar-refractivity contribution in [2.75, 3.05) is 11.5 Å². The summed E-state index contributed by atoms with van der Waals surface area (Å²) in [6.07, 6.45) is 0.765. The third kappa shape index (κ3) is 4.39. The maximum atomic E-state index is 13.8. The number of carbonyl (C=O) groups is 3. The van der Waals surface area contributed by atoms with Crippen molar-refractivity contribution < 1.29 is 24.2 Å². The van der Waals surface area contributed by atoms with E-state index >= 15 is 0 Å². The van der Waals surface area contributed by atoms with E-state index in [4.69, 9.17) is 4.74 Å². The Labute approximate surface area is 210 Å². The number of nitrogens with zero attached hydrogens (tertiary/aromatic N) is 3. The average Bonchev–Trinajstić information content (AvgIpc) is 3.45. The summed E-state index contributed by atoms with van der Waals surface area (Å²) >= 11 is 2.27. The minimum absolute atomic E-state index is 0.0634. The van der Waals surface area contributed by atoms with Crippen molar-refractivity contribution >= 4 is 45.3 Å². The van der Waals surface area contributed by atoms with Crippen LogP contribution in [0.5, 0.6) is 5.75 Å². The Morgan fingerprint density at radius 1 is 1.09 bits per heavy atom. The molecule has 2 aromatic heterocycles. The monoisotopic (exact) mass is 511 g/mol. The third-order valence-corrected chi connectivity index (χ3v) is 7.88. The highest BCUT2D eigenvalue weighted by Crippen LogP contribution is 2.46. The van der Waals surface area contributed by atoms with Crippen molar-refractivity contribution in [2.45, 2.75) is 47.1 Å². The van der Waals surface area contributed by atoms with Crippen LogP contribution in [0.3, 0.4) is 0 Å². The van der Waals surface area contributed by atoms with Crippen molar-refractivity contribution in [2.24, 2.45) is 0 Å². The molecule has 1 unspecified atom stereocenters. The van der Waals surface area contributed by atoms with Gasteiger partial charge in [0.05, 0.1) is 38.3 Å². The molecule has 0 spiro atoms. The van der Waals surface area contributed by atoms with Crippen molar-refractivity contribution in [3.8, 4) is 5.75 Å². The van der Waals surface area contributed by atoms with E-state index in [0.717, 1.165) is 17.8 Å². The zero-order valence-electron chi connectivity index (χ0n) is 20.0. The first-order valence-corrected chi connectivity index (χ1v) is 12.7. The second-order valence-electron chi connectivity index (χ2n) is 8.17. The van der Waals surface area contributed by atoms with Gasteiger partial charge < -0.3 is 9.84 Å². The number of hydrogen-bond donors (Lipinski definition) is 1. The summed E-state index contributed by atoms with van der Waals surface area (Å²) in [5.41, 5.74) is 1.49. The fourth-order valence-corrected chi connectivity index (χ4v) is 5.92. The van der Waals surface area contributed by atoms with Gasteiger partial charge in [-0.15, -0.1) is 11.3 Å². The van der Waals surface area contributed by atoms with Gasteiger partial charge in [0.25, 0.3) is 5.91 Å². The van der Waals surface area contributed by atoms with E-state index in [9.17, 15) is 19.5 Å². The van der Waals surface area contributed by atoms with E-state index in [-0.39, 0.29) is 16.5 Å². The first-order chi connectivity index (χ1) is 16.6. The summed E-state index contributed by atoms with van der Waals surface area (Å²) < 4.78 is 5.95. The summed E-state index contributed by atoms with van der Waals surface area (Å²) in [6.45, 7) is 9.05. The lowest BCUT2D eigenvalue weighted by Crippen LogP contribution is -2.31. The van der Waals surface area contributed by atoms with Crippen molar-refractivity contribution in [3.05, 3.63) is 67.3 Å². The van der Waals surface area contributed by atoms with Crippen molar-refractivity contribution in [1.29, 1.82) is 0 Å². The SMILES string of the molecule is CCCOc1ccccc1C1C(C(=O)c2sc(C)nc2C)=C(O)C(=O)N1c1nc(C)c(C(C)=O)s1. The normalized spacial score (nSPS) is 15.7. The topological polar surface area (TPSA) is 110 Å². The van der Waals surface area contributed by atoms with Gasteiger partial charge in [0.2, 0.25) is 5.78 Å². The van der Waals surface area contributed by atoms with Gasteiger partial charge >= 0.3 is 0 Å². The number of benzene rings is 1. The molecule has 3 heterocycles. The molecular formula is C25H25N3O5S2. The number of amides is 1. The number of ether oxygens (including phenoxy) is 1. The quantitative estimate of drug-likeness (QED) is 0.409. The molecule has 0 bridgehead atoms. The number of rotatable bonds is 8. The average molecular weight is 512 g/mol. The van der Waals surface area contributed by atoms with Gasteiger partial charge in [-0.3, -0.25) is 19.3 Å². The lowest BCUT2D eigenvalue weighted by Gasteiger charge is -2.26. The molecular weight excluding hydrogens is 486 g/mol. The zero-order chi connectivity index (χ0) is 25.4. The number of para-hydroxylation sites is 1. The summed E-state index contributed by atoms with van der Waals surface area (Å²) in [5.74, 6) is -1.56. The van der Waals surface area contributed by atoms with Crippen LogP contribution in [0.4, 0.5) is 5.13 Å². The van der Waals surface area contributed by atoms with Crippen LogP contribution in [0, 0.1) is 20.8 Å². The Bertz CT molecular complexity index is 1370. The summed E-state index contributed by atoms with van der Waals surface area (Å²) in [5, 5.41) is 12.0. The summed E-state index contributed by atoms with van der Waals surface area (Å²) in [4.78, 5) is 50.1. The fraction of sp³-hybridized carbons (Fsp3) is 0.320. The van der Waals surface area contributed by atoms with E-state index in [1.165, 1.54) is 23.2 Å². The van der Waals surface area contributed by atoms with Gasteiger partial charge in [-0.1, -0.05) is 36.5 Å². The van der Waals surface area contributed by atoms with Gasteiger partial charge in [0.15, 0.2) is 16.7 Å². The predicted octanol–water partition coefficient (Wildman–Crippen LogP) is 5.30. The first-order valence-electron chi connectivity index (χ1n) is 11.1. The van der Waals surface area contributed by atoms with Gasteiger partial charge in [-0.2, -0.15) is 0 Å². The molecule has 1 aliphatic rings. The van der Waals surface area contributed by atoms with E-state index in [0.29, 0.717) is 44.1 Å². The zero-order valence-corrected chi connectivity index (χ0v) is 21.7. The number of aryl methyl sites for hydroxylation is 3. The minimum Gasteiger partial charge on any atom is -0.503 e. The molecule has 1 aliphatic heterocycles. The van der Waals surface area contributed by atoms with Gasteiger partial charge in [0, 0.05) is 12.5 Å². The molecule has 1 N–H and O–H groups in total. The molecule has 0 aliphatic carbocycles. The highest BCUT2D eigenvalue weighted by atomic mass is 32.1. The maximum Gasteiger partial charge on any atom is 0.296 e. The van der Waals surface area contributed by atoms with Crippen molar-refractivity contribution in [1.82, 2.24) is 9.97 Å². The molecule has 0 saturated heterocycles. The van der Waals surface area contributed by atoms with Gasteiger partial charge in [-0.05, 0) is 33.3 Å². The lowest BCUT2D eigenvalue weighted by molar-refractivity contribution is -0.117. The number of anilines is 1. The lowest BCUT2D eigenvalue weighted by atomic mass is 9.94. The second kappa shape index (κ2) is 9.71. The molecule has 1 atom stereocenters. The molecule has 182 valence electrons. The van der Waals surface area contributed by atoms with E-state index in [2.05, 4.69) is 9.97 Å². The Morgan fingerprint density at radius 2 is 1.77 bits per heavy atom. The van der Waals surface area contributed by atoms with E-state index in [1.807, 2.05) is 6.92 Å².